The number of methoxy groups -OCH3 is 1. The fourth-order valence-electron chi connectivity index (χ4n) is 4.84. The lowest BCUT2D eigenvalue weighted by Gasteiger charge is -2.34. The highest BCUT2D eigenvalue weighted by molar-refractivity contribution is 7.92. The Morgan fingerprint density at radius 1 is 0.867 bits per heavy atom. The molecule has 1 N–H and O–H groups in total. The maximum atomic E-state index is 14.5. The van der Waals surface area contributed by atoms with E-state index in [0.29, 0.717) is 22.8 Å². The fraction of sp³-hybridized carbons (Fsp3) is 0.257. The zero-order valence-corrected chi connectivity index (χ0v) is 27.2. The van der Waals surface area contributed by atoms with Crippen molar-refractivity contribution in [2.75, 3.05) is 18.0 Å². The molecule has 0 unspecified atom stereocenters. The van der Waals surface area contributed by atoms with Gasteiger partial charge >= 0.3 is 0 Å². The molecule has 0 aliphatic rings. The summed E-state index contributed by atoms with van der Waals surface area (Å²) in [6.07, 6.45) is 0.922. The Morgan fingerprint density at radius 3 is 2.16 bits per heavy atom. The normalized spacial score (nSPS) is 12.5. The van der Waals surface area contributed by atoms with E-state index < -0.39 is 28.5 Å². The molecule has 0 saturated heterocycles. The van der Waals surface area contributed by atoms with Gasteiger partial charge < -0.3 is 15.0 Å². The molecule has 10 heteroatoms. The van der Waals surface area contributed by atoms with Crippen molar-refractivity contribution in [3.8, 4) is 5.75 Å². The Labute approximate surface area is 270 Å². The summed E-state index contributed by atoms with van der Waals surface area (Å²) in [5.74, 6) is -0.459. The Kier molecular flexibility index (Phi) is 11.6. The number of nitrogens with zero attached hydrogens (tertiary/aromatic N) is 2. The molecule has 45 heavy (non-hydrogen) atoms. The quantitative estimate of drug-likeness (QED) is 0.179. The van der Waals surface area contributed by atoms with Crippen LogP contribution in [0.3, 0.4) is 0 Å². The van der Waals surface area contributed by atoms with Gasteiger partial charge in [-0.1, -0.05) is 85.3 Å². The number of hydrogen-bond acceptors (Lipinski definition) is 5. The molecule has 0 fully saturated rings. The Balaban J connectivity index is 1.81. The van der Waals surface area contributed by atoms with E-state index in [1.165, 1.54) is 24.1 Å². The van der Waals surface area contributed by atoms with Crippen molar-refractivity contribution in [1.82, 2.24) is 10.2 Å². The van der Waals surface area contributed by atoms with Crippen LogP contribution in [-0.2, 0) is 32.6 Å². The van der Waals surface area contributed by atoms with Crippen LogP contribution in [0.1, 0.15) is 31.4 Å². The van der Waals surface area contributed by atoms with Gasteiger partial charge in [-0.15, -0.1) is 0 Å². The molecule has 0 radical (unpaired) electrons. The Hall–Kier alpha value is -4.34. The lowest BCUT2D eigenvalue weighted by molar-refractivity contribution is -0.140. The van der Waals surface area contributed by atoms with E-state index in [1.54, 1.807) is 60.7 Å². The minimum atomic E-state index is -4.21. The monoisotopic (exact) mass is 647 g/mol. The van der Waals surface area contributed by atoms with Crippen molar-refractivity contribution < 1.29 is 22.7 Å². The van der Waals surface area contributed by atoms with Crippen molar-refractivity contribution in [3.63, 3.8) is 0 Å². The van der Waals surface area contributed by atoms with Crippen molar-refractivity contribution in [2.45, 2.75) is 50.2 Å². The van der Waals surface area contributed by atoms with Gasteiger partial charge in [0.2, 0.25) is 11.8 Å². The van der Waals surface area contributed by atoms with E-state index in [-0.39, 0.29) is 35.5 Å². The van der Waals surface area contributed by atoms with Gasteiger partial charge in [0.1, 0.15) is 18.3 Å². The number of carbonyl (C=O) groups is 2. The number of rotatable bonds is 14. The van der Waals surface area contributed by atoms with Crippen molar-refractivity contribution in [2.24, 2.45) is 0 Å². The molecule has 4 rings (SSSR count). The highest BCUT2D eigenvalue weighted by Gasteiger charge is 2.35. The third-order valence-corrected chi connectivity index (χ3v) is 9.49. The summed E-state index contributed by atoms with van der Waals surface area (Å²) >= 11 is 6.31. The zero-order chi connectivity index (χ0) is 32.4. The standard InChI is InChI=1S/C35H38ClN3O5S/c1-4-26(2)37-35(41)33(22-27-13-7-5-8-14-27)38(24-28-15-11-16-29(36)21-28)34(40)25-39(30-17-12-18-31(23-30)44-3)45(42,43)32-19-9-6-10-20-32/h5-21,23,26,33H,4,22,24-25H2,1-3H3,(H,37,41)/t26-,33+/m0/s1. The minimum absolute atomic E-state index is 0.0253. The van der Waals surface area contributed by atoms with E-state index in [0.717, 1.165) is 9.87 Å². The second-order valence-corrected chi connectivity index (χ2v) is 13.0. The van der Waals surface area contributed by atoms with Crippen molar-refractivity contribution in [1.29, 1.82) is 0 Å². The van der Waals surface area contributed by atoms with Gasteiger partial charge in [0.15, 0.2) is 0 Å². The SMILES string of the molecule is CC[C@H](C)NC(=O)[C@@H](Cc1ccccc1)N(Cc1cccc(Cl)c1)C(=O)CN(c1cccc(OC)c1)S(=O)(=O)c1ccccc1. The lowest BCUT2D eigenvalue weighted by atomic mass is 10.0. The lowest BCUT2D eigenvalue weighted by Crippen LogP contribution is -2.54. The van der Waals surface area contributed by atoms with Crippen LogP contribution in [-0.4, -0.2) is 50.9 Å². The number of nitrogens with one attached hydrogen (secondary N) is 1. The number of carbonyl (C=O) groups excluding carboxylic acids is 2. The Morgan fingerprint density at radius 2 is 1.51 bits per heavy atom. The van der Waals surface area contributed by atoms with Gasteiger partial charge in [0.05, 0.1) is 17.7 Å². The molecule has 0 aliphatic carbocycles. The average molecular weight is 648 g/mol. The molecule has 0 saturated carbocycles. The molecule has 0 aromatic heterocycles. The van der Waals surface area contributed by atoms with E-state index in [1.807, 2.05) is 50.2 Å². The summed E-state index contributed by atoms with van der Waals surface area (Å²) in [5, 5.41) is 3.51. The topological polar surface area (TPSA) is 96.0 Å². The first-order chi connectivity index (χ1) is 21.6. The molecule has 4 aromatic rings. The van der Waals surface area contributed by atoms with E-state index in [2.05, 4.69) is 5.32 Å². The number of amides is 2. The highest BCUT2D eigenvalue weighted by Crippen LogP contribution is 2.28. The van der Waals surface area contributed by atoms with Gasteiger partial charge in [0.25, 0.3) is 10.0 Å². The summed E-state index contributed by atoms with van der Waals surface area (Å²) in [4.78, 5) is 29.9. The predicted octanol–water partition coefficient (Wildman–Crippen LogP) is 6.10. The van der Waals surface area contributed by atoms with Crippen molar-refractivity contribution in [3.05, 3.63) is 125 Å². The predicted molar refractivity (Wildman–Crippen MR) is 178 cm³/mol. The fourth-order valence-corrected chi connectivity index (χ4v) is 6.48. The number of halogens is 1. The summed E-state index contributed by atoms with van der Waals surface area (Å²) < 4.78 is 34.6. The molecule has 2 amide bonds. The van der Waals surface area contributed by atoms with Gasteiger partial charge in [0, 0.05) is 30.1 Å². The molecule has 8 nitrogen and oxygen atoms in total. The smallest absolute Gasteiger partial charge is 0.264 e. The molecule has 236 valence electrons. The second-order valence-electron chi connectivity index (χ2n) is 10.7. The van der Waals surface area contributed by atoms with Crippen molar-refractivity contribution >= 4 is 39.1 Å². The van der Waals surface area contributed by atoms with Crippen LogP contribution < -0.4 is 14.4 Å². The third-order valence-electron chi connectivity index (χ3n) is 7.47. The van der Waals surface area contributed by atoms with Crippen LogP contribution in [0.4, 0.5) is 5.69 Å². The number of sulfonamides is 1. The summed E-state index contributed by atoms with van der Waals surface area (Å²) in [5.41, 5.74) is 1.80. The summed E-state index contributed by atoms with van der Waals surface area (Å²) in [6, 6.07) is 29.8. The van der Waals surface area contributed by atoms with Gasteiger partial charge in [-0.2, -0.15) is 0 Å². The van der Waals surface area contributed by atoms with E-state index in [4.69, 9.17) is 16.3 Å². The molecular formula is C35H38ClN3O5S. The molecule has 0 bridgehead atoms. The van der Waals surface area contributed by atoms with Crippen LogP contribution >= 0.6 is 11.6 Å². The van der Waals surface area contributed by atoms with E-state index in [9.17, 15) is 18.0 Å². The van der Waals surface area contributed by atoms with Crippen LogP contribution in [0.5, 0.6) is 5.75 Å². The maximum Gasteiger partial charge on any atom is 0.264 e. The molecule has 0 heterocycles. The van der Waals surface area contributed by atoms with Crippen LogP contribution in [0.25, 0.3) is 0 Å². The first-order valence-corrected chi connectivity index (χ1v) is 16.5. The van der Waals surface area contributed by atoms with Gasteiger partial charge in [-0.05, 0) is 60.9 Å². The molecule has 0 aliphatic heterocycles. The van der Waals surface area contributed by atoms with Gasteiger partial charge in [-0.25, -0.2) is 8.42 Å². The number of anilines is 1. The minimum Gasteiger partial charge on any atom is -0.497 e. The van der Waals surface area contributed by atoms with Crippen LogP contribution in [0.15, 0.2) is 114 Å². The highest BCUT2D eigenvalue weighted by atomic mass is 35.5. The number of hydrogen-bond donors (Lipinski definition) is 1. The molecule has 4 aromatic carbocycles. The molecule has 2 atom stereocenters. The first kappa shape index (κ1) is 33.6. The Bertz CT molecular complexity index is 1690. The third kappa shape index (κ3) is 8.86. The van der Waals surface area contributed by atoms with Gasteiger partial charge in [-0.3, -0.25) is 13.9 Å². The molecule has 0 spiro atoms. The summed E-state index contributed by atoms with van der Waals surface area (Å²) in [6.45, 7) is 3.33. The zero-order valence-electron chi connectivity index (χ0n) is 25.6. The maximum absolute atomic E-state index is 14.5. The van der Waals surface area contributed by atoms with Crippen LogP contribution in [0.2, 0.25) is 5.02 Å². The number of ether oxygens (including phenoxy) is 1. The largest absolute Gasteiger partial charge is 0.497 e. The molecular weight excluding hydrogens is 610 g/mol. The number of benzene rings is 4. The first-order valence-electron chi connectivity index (χ1n) is 14.7. The van der Waals surface area contributed by atoms with Crippen LogP contribution in [0, 0.1) is 0 Å². The van der Waals surface area contributed by atoms with E-state index >= 15 is 0 Å². The summed E-state index contributed by atoms with van der Waals surface area (Å²) in [7, 11) is -2.72. The average Bonchev–Trinajstić information content (AvgIpc) is 3.05. The second kappa shape index (κ2) is 15.6.